The van der Waals surface area contributed by atoms with E-state index in [0.29, 0.717) is 6.07 Å². The van der Waals surface area contributed by atoms with Crippen LogP contribution < -0.4 is 0 Å². The van der Waals surface area contributed by atoms with Crippen molar-refractivity contribution < 1.29 is 22.5 Å². The van der Waals surface area contributed by atoms with Crippen molar-refractivity contribution >= 4 is 15.7 Å². The number of sulfonamides is 1. The molecule has 0 N–H and O–H groups in total. The number of nitrogens with zero attached hydrogens (tertiary/aromatic N) is 2. The van der Waals surface area contributed by atoms with Crippen molar-refractivity contribution in [2.75, 3.05) is 20.3 Å². The molecule has 1 aromatic rings. The third-order valence-corrected chi connectivity index (χ3v) is 5.14. The lowest BCUT2D eigenvalue weighted by Crippen LogP contribution is -2.35. The first-order valence-corrected chi connectivity index (χ1v) is 7.76. The molecule has 1 aliphatic rings. The van der Waals surface area contributed by atoms with Gasteiger partial charge in [-0.2, -0.15) is 8.70 Å². The minimum atomic E-state index is -3.88. The van der Waals surface area contributed by atoms with Gasteiger partial charge in [0.2, 0.25) is 15.8 Å². The first kappa shape index (κ1) is 15.8. The first-order valence-electron chi connectivity index (χ1n) is 6.32. The smallest absolute Gasteiger partial charge is 0.304 e. The van der Waals surface area contributed by atoms with Crippen molar-refractivity contribution in [1.82, 2.24) is 4.31 Å². The van der Waals surface area contributed by atoms with Crippen molar-refractivity contribution in [3.8, 4) is 0 Å². The Hall–Kier alpha value is -1.58. The summed E-state index contributed by atoms with van der Waals surface area (Å²) < 4.78 is 44.7. The predicted octanol–water partition coefficient (Wildman–Crippen LogP) is 1.53. The average molecular weight is 318 g/mol. The normalized spacial score (nSPS) is 15.4. The molecule has 1 fully saturated rings. The van der Waals surface area contributed by atoms with Gasteiger partial charge in [-0.25, -0.2) is 8.42 Å². The maximum absolute atomic E-state index is 13.6. The Morgan fingerprint density at radius 2 is 2.14 bits per heavy atom. The third-order valence-electron chi connectivity index (χ3n) is 3.19. The molecular formula is C12H15FN2O5S. The van der Waals surface area contributed by atoms with Gasteiger partial charge in [-0.3, -0.25) is 10.1 Å². The van der Waals surface area contributed by atoms with Gasteiger partial charge in [-0.05, 0) is 18.9 Å². The SMILES string of the molecule is COCCN(C1CC1)S(=O)(=O)c1ccc([N+](=O)[O-])c(F)c1. The van der Waals surface area contributed by atoms with Crippen LogP contribution >= 0.6 is 0 Å². The molecule has 2 rings (SSSR count). The Balaban J connectivity index is 2.33. The molecule has 0 unspecified atom stereocenters. The maximum Gasteiger partial charge on any atom is 0.304 e. The minimum Gasteiger partial charge on any atom is -0.383 e. The number of hydrogen-bond acceptors (Lipinski definition) is 5. The highest BCUT2D eigenvalue weighted by molar-refractivity contribution is 7.89. The highest BCUT2D eigenvalue weighted by atomic mass is 32.2. The average Bonchev–Trinajstić information content (AvgIpc) is 3.23. The molecule has 9 heteroatoms. The van der Waals surface area contributed by atoms with E-state index in [1.54, 1.807) is 0 Å². The van der Waals surface area contributed by atoms with Crippen molar-refractivity contribution in [1.29, 1.82) is 0 Å². The number of nitro benzene ring substituents is 1. The fourth-order valence-corrected chi connectivity index (χ4v) is 3.66. The lowest BCUT2D eigenvalue weighted by atomic mass is 10.3. The van der Waals surface area contributed by atoms with Crippen LogP contribution in [0.2, 0.25) is 0 Å². The highest BCUT2D eigenvalue weighted by Gasteiger charge is 2.38. The summed E-state index contributed by atoms with van der Waals surface area (Å²) in [5.41, 5.74) is -0.746. The van der Waals surface area contributed by atoms with Gasteiger partial charge in [0.15, 0.2) is 0 Å². The summed E-state index contributed by atoms with van der Waals surface area (Å²) in [5.74, 6) is -1.16. The molecule has 0 bridgehead atoms. The van der Waals surface area contributed by atoms with Gasteiger partial charge in [-0.1, -0.05) is 0 Å². The van der Waals surface area contributed by atoms with E-state index in [-0.39, 0.29) is 24.1 Å². The lowest BCUT2D eigenvalue weighted by Gasteiger charge is -2.21. The van der Waals surface area contributed by atoms with Gasteiger partial charge in [0.25, 0.3) is 0 Å². The van der Waals surface area contributed by atoms with Crippen LogP contribution in [0.5, 0.6) is 0 Å². The van der Waals surface area contributed by atoms with E-state index in [1.807, 2.05) is 0 Å². The largest absolute Gasteiger partial charge is 0.383 e. The van der Waals surface area contributed by atoms with Gasteiger partial charge in [0, 0.05) is 31.8 Å². The number of rotatable bonds is 7. The predicted molar refractivity (Wildman–Crippen MR) is 71.8 cm³/mol. The van der Waals surface area contributed by atoms with Gasteiger partial charge in [0.1, 0.15) is 0 Å². The quantitative estimate of drug-likeness (QED) is 0.562. The van der Waals surface area contributed by atoms with Crippen molar-refractivity contribution in [2.24, 2.45) is 0 Å². The topological polar surface area (TPSA) is 89.8 Å². The molecule has 0 heterocycles. The number of hydrogen-bond donors (Lipinski definition) is 0. The van der Waals surface area contributed by atoms with Crippen LogP contribution in [0, 0.1) is 15.9 Å². The number of methoxy groups -OCH3 is 1. The Kier molecular flexibility index (Phi) is 4.55. The molecule has 0 spiro atoms. The molecule has 0 aromatic heterocycles. The number of halogens is 1. The van der Waals surface area contributed by atoms with Crippen molar-refractivity contribution in [2.45, 2.75) is 23.8 Å². The van der Waals surface area contributed by atoms with Crippen molar-refractivity contribution in [3.63, 3.8) is 0 Å². The van der Waals surface area contributed by atoms with E-state index < -0.39 is 26.5 Å². The molecule has 0 aliphatic heterocycles. The highest BCUT2D eigenvalue weighted by Crippen LogP contribution is 2.32. The lowest BCUT2D eigenvalue weighted by molar-refractivity contribution is -0.387. The van der Waals surface area contributed by atoms with Crippen LogP contribution in [-0.4, -0.2) is 43.9 Å². The van der Waals surface area contributed by atoms with E-state index in [2.05, 4.69) is 0 Å². The second kappa shape index (κ2) is 6.04. The van der Waals surface area contributed by atoms with Crippen LogP contribution in [-0.2, 0) is 14.8 Å². The van der Waals surface area contributed by atoms with Crippen molar-refractivity contribution in [3.05, 3.63) is 34.1 Å². The fraction of sp³-hybridized carbons (Fsp3) is 0.500. The number of nitro groups is 1. The summed E-state index contributed by atoms with van der Waals surface area (Å²) >= 11 is 0. The molecule has 0 saturated heterocycles. The zero-order valence-corrected chi connectivity index (χ0v) is 12.2. The zero-order valence-electron chi connectivity index (χ0n) is 11.4. The Labute approximate surface area is 121 Å². The Morgan fingerprint density at radius 1 is 1.48 bits per heavy atom. The second-order valence-electron chi connectivity index (χ2n) is 4.71. The van der Waals surface area contributed by atoms with Crippen LogP contribution in [0.25, 0.3) is 0 Å². The molecule has 0 radical (unpaired) electrons. The van der Waals surface area contributed by atoms with Crippen LogP contribution in [0.15, 0.2) is 23.1 Å². The molecular weight excluding hydrogens is 303 g/mol. The summed E-state index contributed by atoms with van der Waals surface area (Å²) in [5, 5.41) is 10.6. The maximum atomic E-state index is 13.6. The third kappa shape index (κ3) is 3.36. The second-order valence-corrected chi connectivity index (χ2v) is 6.60. The summed E-state index contributed by atoms with van der Waals surface area (Å²) in [4.78, 5) is 9.39. The fourth-order valence-electron chi connectivity index (χ4n) is 1.97. The summed E-state index contributed by atoms with van der Waals surface area (Å²) in [7, 11) is -2.42. The molecule has 7 nitrogen and oxygen atoms in total. The van der Waals surface area contributed by atoms with E-state index >= 15 is 0 Å². The summed E-state index contributed by atoms with van der Waals surface area (Å²) in [6.45, 7) is 0.396. The molecule has 1 aliphatic carbocycles. The molecule has 1 saturated carbocycles. The molecule has 116 valence electrons. The van der Waals surface area contributed by atoms with Gasteiger partial charge in [0.05, 0.1) is 16.4 Å². The monoisotopic (exact) mass is 318 g/mol. The molecule has 0 amide bonds. The molecule has 0 atom stereocenters. The standard InChI is InChI=1S/C12H15FN2O5S/c1-20-7-6-14(9-2-3-9)21(18,19)10-4-5-12(15(16)17)11(13)8-10/h4-5,8-9H,2-3,6-7H2,1H3. The number of ether oxygens (including phenoxy) is 1. The van der Waals surface area contributed by atoms with E-state index in [0.717, 1.165) is 25.0 Å². The Morgan fingerprint density at radius 3 is 2.62 bits per heavy atom. The molecule has 21 heavy (non-hydrogen) atoms. The van der Waals surface area contributed by atoms with Crippen LogP contribution in [0.3, 0.4) is 0 Å². The number of benzene rings is 1. The van der Waals surface area contributed by atoms with Gasteiger partial charge >= 0.3 is 5.69 Å². The van der Waals surface area contributed by atoms with Crippen LogP contribution in [0.4, 0.5) is 10.1 Å². The Bertz CT molecular complexity index is 645. The van der Waals surface area contributed by atoms with E-state index in [4.69, 9.17) is 4.74 Å². The van der Waals surface area contributed by atoms with Gasteiger partial charge < -0.3 is 4.74 Å². The van der Waals surface area contributed by atoms with E-state index in [1.165, 1.54) is 11.4 Å². The van der Waals surface area contributed by atoms with Crippen LogP contribution in [0.1, 0.15) is 12.8 Å². The molecule has 1 aromatic carbocycles. The minimum absolute atomic E-state index is 0.108. The summed E-state index contributed by atoms with van der Waals surface area (Å²) in [6, 6.07) is 2.50. The van der Waals surface area contributed by atoms with E-state index in [9.17, 15) is 22.9 Å². The first-order chi connectivity index (χ1) is 9.87. The van der Waals surface area contributed by atoms with Gasteiger partial charge in [-0.15, -0.1) is 0 Å². The zero-order chi connectivity index (χ0) is 15.6. The summed E-state index contributed by atoms with van der Waals surface area (Å²) in [6.07, 6.45) is 1.50.